The molecule has 0 aromatic rings. The van der Waals surface area contributed by atoms with Crippen molar-refractivity contribution in [3.63, 3.8) is 0 Å². The van der Waals surface area contributed by atoms with Gasteiger partial charge < -0.3 is 5.32 Å². The van der Waals surface area contributed by atoms with Crippen LogP contribution in [0.4, 0.5) is 0 Å². The zero-order chi connectivity index (χ0) is 9.54. The molecule has 14 heavy (non-hydrogen) atoms. The van der Waals surface area contributed by atoms with Crippen LogP contribution in [0.5, 0.6) is 0 Å². The Labute approximate surface area is 85.4 Å². The molecule has 4 unspecified atom stereocenters. The van der Waals surface area contributed by atoms with Crippen molar-refractivity contribution in [2.75, 3.05) is 13.1 Å². The standard InChI is InChI=1S/C12H19NO/c14-12-3-4-13-7-11(12)10-6-8-1-2-9(10)5-8/h8-11,13H,1-7H2. The average molecular weight is 193 g/mol. The summed E-state index contributed by atoms with van der Waals surface area (Å²) < 4.78 is 0. The van der Waals surface area contributed by atoms with Crippen LogP contribution in [0, 0.1) is 23.7 Å². The molecule has 78 valence electrons. The summed E-state index contributed by atoms with van der Waals surface area (Å²) in [6.07, 6.45) is 6.39. The lowest BCUT2D eigenvalue weighted by atomic mass is 9.76. The van der Waals surface area contributed by atoms with Gasteiger partial charge in [-0.25, -0.2) is 0 Å². The Morgan fingerprint density at radius 2 is 2.14 bits per heavy atom. The molecule has 4 atom stereocenters. The average Bonchev–Trinajstić information content (AvgIpc) is 2.79. The van der Waals surface area contributed by atoms with E-state index in [1.807, 2.05) is 0 Å². The number of hydrogen-bond donors (Lipinski definition) is 1. The van der Waals surface area contributed by atoms with Crippen molar-refractivity contribution >= 4 is 5.78 Å². The number of fused-ring (bicyclic) bond motifs is 2. The summed E-state index contributed by atoms with van der Waals surface area (Å²) in [7, 11) is 0. The van der Waals surface area contributed by atoms with Crippen molar-refractivity contribution in [2.24, 2.45) is 23.7 Å². The molecule has 3 fully saturated rings. The number of hydrogen-bond acceptors (Lipinski definition) is 2. The number of rotatable bonds is 1. The van der Waals surface area contributed by atoms with Crippen LogP contribution in [0.2, 0.25) is 0 Å². The first kappa shape index (κ1) is 8.90. The van der Waals surface area contributed by atoms with Crippen LogP contribution in [0.25, 0.3) is 0 Å². The fraction of sp³-hybridized carbons (Fsp3) is 0.917. The first-order valence-corrected chi connectivity index (χ1v) is 6.08. The summed E-state index contributed by atoms with van der Waals surface area (Å²) in [5.74, 6) is 3.53. The van der Waals surface area contributed by atoms with Crippen LogP contribution in [-0.4, -0.2) is 18.9 Å². The normalized spacial score (nSPS) is 47.3. The molecule has 1 saturated heterocycles. The Kier molecular flexibility index (Phi) is 2.12. The molecule has 2 heteroatoms. The van der Waals surface area contributed by atoms with Gasteiger partial charge in [0, 0.05) is 25.4 Å². The van der Waals surface area contributed by atoms with Gasteiger partial charge in [-0.15, -0.1) is 0 Å². The largest absolute Gasteiger partial charge is 0.316 e. The number of ketones is 1. The van der Waals surface area contributed by atoms with Gasteiger partial charge in [0.25, 0.3) is 0 Å². The summed E-state index contributed by atoms with van der Waals surface area (Å²) in [6, 6.07) is 0. The number of carbonyl (C=O) groups is 1. The third kappa shape index (κ3) is 1.31. The van der Waals surface area contributed by atoms with E-state index >= 15 is 0 Å². The summed E-state index contributed by atoms with van der Waals surface area (Å²) in [6.45, 7) is 1.88. The molecule has 1 aliphatic heterocycles. The predicted molar refractivity (Wildman–Crippen MR) is 54.9 cm³/mol. The third-order valence-corrected chi connectivity index (χ3v) is 4.64. The number of piperidine rings is 1. The molecule has 2 aliphatic carbocycles. The van der Waals surface area contributed by atoms with Gasteiger partial charge in [-0.3, -0.25) is 4.79 Å². The zero-order valence-corrected chi connectivity index (χ0v) is 8.67. The van der Waals surface area contributed by atoms with Gasteiger partial charge >= 0.3 is 0 Å². The number of nitrogens with one attached hydrogen (secondary N) is 1. The van der Waals surface area contributed by atoms with Crippen molar-refractivity contribution in [3.8, 4) is 0 Å². The van der Waals surface area contributed by atoms with Crippen LogP contribution in [-0.2, 0) is 4.79 Å². The summed E-state index contributed by atoms with van der Waals surface area (Å²) in [5, 5.41) is 3.38. The Balaban J connectivity index is 1.72. The predicted octanol–water partition coefficient (Wildman–Crippen LogP) is 1.60. The van der Waals surface area contributed by atoms with Crippen molar-refractivity contribution in [1.82, 2.24) is 5.32 Å². The Morgan fingerprint density at radius 3 is 2.79 bits per heavy atom. The smallest absolute Gasteiger partial charge is 0.138 e. The first-order chi connectivity index (χ1) is 6.84. The molecule has 0 amide bonds. The maximum Gasteiger partial charge on any atom is 0.138 e. The van der Waals surface area contributed by atoms with E-state index < -0.39 is 0 Å². The van der Waals surface area contributed by atoms with Crippen LogP contribution < -0.4 is 5.32 Å². The van der Waals surface area contributed by atoms with Crippen LogP contribution in [0.3, 0.4) is 0 Å². The second-order valence-electron chi connectivity index (χ2n) is 5.37. The lowest BCUT2D eigenvalue weighted by Crippen LogP contribution is -2.42. The molecule has 0 radical (unpaired) electrons. The number of Topliss-reactive ketones (excluding diaryl/α,β-unsaturated/α-hetero) is 1. The Hall–Kier alpha value is -0.370. The molecule has 0 spiro atoms. The van der Waals surface area contributed by atoms with Gasteiger partial charge in [-0.1, -0.05) is 6.42 Å². The lowest BCUT2D eigenvalue weighted by molar-refractivity contribution is -0.126. The fourth-order valence-corrected chi connectivity index (χ4v) is 3.95. The molecule has 3 rings (SSSR count). The summed E-state index contributed by atoms with van der Waals surface area (Å²) >= 11 is 0. The van der Waals surface area contributed by atoms with Crippen molar-refractivity contribution in [1.29, 1.82) is 0 Å². The monoisotopic (exact) mass is 193 g/mol. The lowest BCUT2D eigenvalue weighted by Gasteiger charge is -2.32. The highest BCUT2D eigenvalue weighted by atomic mass is 16.1. The maximum absolute atomic E-state index is 11.8. The van der Waals surface area contributed by atoms with Crippen molar-refractivity contribution in [3.05, 3.63) is 0 Å². The summed E-state index contributed by atoms with van der Waals surface area (Å²) in [4.78, 5) is 11.8. The Morgan fingerprint density at radius 1 is 1.21 bits per heavy atom. The SMILES string of the molecule is O=C1CCNCC1C1CC2CCC1C2. The van der Waals surface area contributed by atoms with Crippen LogP contribution in [0.15, 0.2) is 0 Å². The second kappa shape index (κ2) is 3.34. The molecular weight excluding hydrogens is 174 g/mol. The van der Waals surface area contributed by atoms with E-state index in [1.54, 1.807) is 0 Å². The molecule has 0 aromatic heterocycles. The van der Waals surface area contributed by atoms with Gasteiger partial charge in [0.2, 0.25) is 0 Å². The van der Waals surface area contributed by atoms with E-state index in [-0.39, 0.29) is 0 Å². The maximum atomic E-state index is 11.8. The number of carbonyl (C=O) groups excluding carboxylic acids is 1. The summed E-state index contributed by atoms with van der Waals surface area (Å²) in [5.41, 5.74) is 0. The molecule has 0 aromatic carbocycles. The highest BCUT2D eigenvalue weighted by Gasteiger charge is 2.45. The highest BCUT2D eigenvalue weighted by molar-refractivity contribution is 5.82. The molecule has 1 N–H and O–H groups in total. The Bertz CT molecular complexity index is 251. The third-order valence-electron chi connectivity index (χ3n) is 4.64. The zero-order valence-electron chi connectivity index (χ0n) is 8.67. The quantitative estimate of drug-likeness (QED) is 0.685. The molecule has 3 aliphatic rings. The van der Waals surface area contributed by atoms with Gasteiger partial charge in [0.15, 0.2) is 0 Å². The molecule has 2 saturated carbocycles. The van der Waals surface area contributed by atoms with E-state index in [0.29, 0.717) is 11.7 Å². The van der Waals surface area contributed by atoms with Crippen molar-refractivity contribution in [2.45, 2.75) is 32.1 Å². The molecular formula is C12H19NO. The second-order valence-corrected chi connectivity index (χ2v) is 5.37. The van der Waals surface area contributed by atoms with Gasteiger partial charge in [0.05, 0.1) is 0 Å². The van der Waals surface area contributed by atoms with Gasteiger partial charge in [-0.2, -0.15) is 0 Å². The van der Waals surface area contributed by atoms with Crippen molar-refractivity contribution < 1.29 is 4.79 Å². The van der Waals surface area contributed by atoms with Gasteiger partial charge in [-0.05, 0) is 37.0 Å². The topological polar surface area (TPSA) is 29.1 Å². The van der Waals surface area contributed by atoms with Crippen LogP contribution >= 0.6 is 0 Å². The minimum atomic E-state index is 0.374. The van der Waals surface area contributed by atoms with E-state index in [4.69, 9.17) is 0 Å². The molecule has 2 bridgehead atoms. The first-order valence-electron chi connectivity index (χ1n) is 6.08. The van der Waals surface area contributed by atoms with E-state index in [1.165, 1.54) is 25.7 Å². The fourth-order valence-electron chi connectivity index (χ4n) is 3.95. The van der Waals surface area contributed by atoms with E-state index in [2.05, 4.69) is 5.32 Å². The molecule has 1 heterocycles. The molecule has 2 nitrogen and oxygen atoms in total. The minimum Gasteiger partial charge on any atom is -0.316 e. The van der Waals surface area contributed by atoms with E-state index in [9.17, 15) is 4.79 Å². The van der Waals surface area contributed by atoms with Crippen LogP contribution in [0.1, 0.15) is 32.1 Å². The minimum absolute atomic E-state index is 0.374. The highest BCUT2D eigenvalue weighted by Crippen LogP contribution is 2.51. The van der Waals surface area contributed by atoms with Gasteiger partial charge in [0.1, 0.15) is 5.78 Å². The van der Waals surface area contributed by atoms with E-state index in [0.717, 1.165) is 37.3 Å².